The van der Waals surface area contributed by atoms with E-state index >= 15 is 0 Å². The first-order chi connectivity index (χ1) is 8.27. The summed E-state index contributed by atoms with van der Waals surface area (Å²) < 4.78 is 34.3. The average Bonchev–Trinajstić information content (AvgIpc) is 2.60. The van der Waals surface area contributed by atoms with Crippen LogP contribution in [-0.2, 0) is 19.8 Å². The number of aliphatic carboxylic acids is 1. The zero-order chi connectivity index (χ0) is 13.9. The molecule has 18 heavy (non-hydrogen) atoms. The number of carboxylic acids is 1. The molecule has 1 fully saturated rings. The minimum Gasteiger partial charge on any atom is -0.480 e. The van der Waals surface area contributed by atoms with Gasteiger partial charge in [0.05, 0.1) is 0 Å². The van der Waals surface area contributed by atoms with Crippen LogP contribution >= 0.6 is 0 Å². The van der Waals surface area contributed by atoms with E-state index in [-0.39, 0.29) is 13.0 Å². The summed E-state index contributed by atoms with van der Waals surface area (Å²) in [6.45, 7) is 1.50. The van der Waals surface area contributed by atoms with E-state index in [1.165, 1.54) is 0 Å². The van der Waals surface area contributed by atoms with Crippen molar-refractivity contribution < 1.29 is 27.0 Å². The van der Waals surface area contributed by atoms with Gasteiger partial charge < -0.3 is 10.0 Å². The Morgan fingerprint density at radius 3 is 2.61 bits per heavy atom. The number of carboxylic acid groups (broad SMARTS) is 1. The van der Waals surface area contributed by atoms with Crippen molar-refractivity contribution in [1.82, 2.24) is 4.90 Å². The third-order valence-electron chi connectivity index (χ3n) is 3.01. The fraction of sp³-hybridized carbons (Fsp3) is 0.800. The van der Waals surface area contributed by atoms with Crippen molar-refractivity contribution in [3.05, 3.63) is 0 Å². The number of nitrogens with zero attached hydrogens (tertiary/aromatic N) is 1. The van der Waals surface area contributed by atoms with Gasteiger partial charge in [-0.15, -0.1) is 3.89 Å². The minimum atomic E-state index is -4.80. The summed E-state index contributed by atoms with van der Waals surface area (Å²) in [7, 11) is -4.80. The van der Waals surface area contributed by atoms with E-state index in [0.29, 0.717) is 6.42 Å². The molecular weight excluding hydrogens is 265 g/mol. The normalized spacial score (nSPS) is 22.2. The van der Waals surface area contributed by atoms with E-state index in [0.717, 1.165) is 11.3 Å². The van der Waals surface area contributed by atoms with Gasteiger partial charge in [0.15, 0.2) is 0 Å². The summed E-state index contributed by atoms with van der Waals surface area (Å²) in [4.78, 5) is 23.6. The van der Waals surface area contributed by atoms with Gasteiger partial charge in [-0.1, -0.05) is 19.8 Å². The van der Waals surface area contributed by atoms with Crippen LogP contribution in [0.25, 0.3) is 0 Å². The van der Waals surface area contributed by atoms with Gasteiger partial charge in [-0.25, -0.2) is 4.79 Å². The molecule has 1 N–H and O–H groups in total. The Balaban J connectivity index is 2.81. The van der Waals surface area contributed by atoms with E-state index in [2.05, 4.69) is 0 Å². The van der Waals surface area contributed by atoms with Crippen LogP contribution in [0.2, 0.25) is 0 Å². The molecule has 0 spiro atoms. The molecule has 1 saturated heterocycles. The van der Waals surface area contributed by atoms with Crippen molar-refractivity contribution in [1.29, 1.82) is 0 Å². The standard InChI is InChI=1S/C10H16FNO5S/c1-2-3-4-8(10(14)15)12-6-7(5-9(12)13)18(11,16)17/h7-8H,2-6H2,1H3,(H,14,15)/t7?,8-/m0/s1. The van der Waals surface area contributed by atoms with Gasteiger partial charge in [0.1, 0.15) is 11.3 Å². The summed E-state index contributed by atoms with van der Waals surface area (Å²) in [5.74, 6) is -1.81. The van der Waals surface area contributed by atoms with Crippen molar-refractivity contribution >= 4 is 22.1 Å². The van der Waals surface area contributed by atoms with Crippen LogP contribution in [0.15, 0.2) is 0 Å². The molecule has 1 rings (SSSR count). The third kappa shape index (κ3) is 3.41. The SMILES string of the molecule is CCCC[C@@H](C(=O)O)N1CC(S(=O)(=O)F)CC1=O. The van der Waals surface area contributed by atoms with E-state index in [1.54, 1.807) is 0 Å². The predicted octanol–water partition coefficient (Wildman–Crippen LogP) is 0.530. The molecule has 2 atom stereocenters. The quantitative estimate of drug-likeness (QED) is 0.717. The van der Waals surface area contributed by atoms with Gasteiger partial charge in [0, 0.05) is 13.0 Å². The lowest BCUT2D eigenvalue weighted by molar-refractivity contribution is -0.148. The molecule has 1 heterocycles. The highest BCUT2D eigenvalue weighted by Crippen LogP contribution is 2.23. The Morgan fingerprint density at radius 1 is 1.61 bits per heavy atom. The molecule has 104 valence electrons. The second kappa shape index (κ2) is 5.64. The summed E-state index contributed by atoms with van der Waals surface area (Å²) >= 11 is 0. The van der Waals surface area contributed by atoms with Crippen LogP contribution in [0.3, 0.4) is 0 Å². The van der Waals surface area contributed by atoms with Crippen molar-refractivity contribution in [2.45, 2.75) is 43.9 Å². The molecule has 0 saturated carbocycles. The highest BCUT2D eigenvalue weighted by atomic mass is 32.3. The molecular formula is C10H16FNO5S. The van der Waals surface area contributed by atoms with Crippen LogP contribution in [0.5, 0.6) is 0 Å². The molecule has 0 aromatic rings. The van der Waals surface area contributed by atoms with Gasteiger partial charge >= 0.3 is 16.2 Å². The van der Waals surface area contributed by atoms with E-state index in [1.807, 2.05) is 6.92 Å². The number of hydrogen-bond acceptors (Lipinski definition) is 4. The molecule has 1 aliphatic heterocycles. The Bertz CT molecular complexity index is 436. The predicted molar refractivity (Wildman–Crippen MR) is 61.1 cm³/mol. The molecule has 6 nitrogen and oxygen atoms in total. The first-order valence-electron chi connectivity index (χ1n) is 5.73. The molecule has 1 amide bonds. The fourth-order valence-electron chi connectivity index (χ4n) is 2.00. The molecule has 0 bridgehead atoms. The van der Waals surface area contributed by atoms with Crippen LogP contribution in [-0.4, -0.2) is 48.1 Å². The zero-order valence-corrected chi connectivity index (χ0v) is 10.8. The summed E-state index contributed by atoms with van der Waals surface area (Å²) in [6, 6.07) is -1.07. The second-order valence-corrected chi connectivity index (χ2v) is 5.96. The number of hydrogen-bond donors (Lipinski definition) is 1. The first kappa shape index (κ1) is 14.9. The summed E-state index contributed by atoms with van der Waals surface area (Å²) in [5, 5.41) is 7.59. The highest BCUT2D eigenvalue weighted by molar-refractivity contribution is 7.87. The maximum atomic E-state index is 12.8. The van der Waals surface area contributed by atoms with Crippen molar-refractivity contribution in [2.75, 3.05) is 6.54 Å². The van der Waals surface area contributed by atoms with E-state index in [4.69, 9.17) is 5.11 Å². The maximum Gasteiger partial charge on any atom is 0.326 e. The van der Waals surface area contributed by atoms with Crippen LogP contribution < -0.4 is 0 Å². The highest BCUT2D eigenvalue weighted by Gasteiger charge is 2.42. The minimum absolute atomic E-state index is 0.247. The van der Waals surface area contributed by atoms with Crippen molar-refractivity contribution in [3.8, 4) is 0 Å². The Morgan fingerprint density at radius 2 is 2.22 bits per heavy atom. The monoisotopic (exact) mass is 281 g/mol. The lowest BCUT2D eigenvalue weighted by Crippen LogP contribution is -2.42. The van der Waals surface area contributed by atoms with E-state index < -0.39 is 39.8 Å². The lowest BCUT2D eigenvalue weighted by Gasteiger charge is -2.24. The third-order valence-corrected chi connectivity index (χ3v) is 4.13. The van der Waals surface area contributed by atoms with Gasteiger partial charge in [0.25, 0.3) is 0 Å². The average molecular weight is 281 g/mol. The molecule has 0 aromatic heterocycles. The second-order valence-electron chi connectivity index (χ2n) is 4.34. The van der Waals surface area contributed by atoms with Crippen molar-refractivity contribution in [3.63, 3.8) is 0 Å². The summed E-state index contributed by atoms with van der Waals surface area (Å²) in [5.41, 5.74) is 0. The smallest absolute Gasteiger partial charge is 0.326 e. The number of unbranched alkanes of at least 4 members (excludes halogenated alkanes) is 1. The first-order valence-corrected chi connectivity index (χ1v) is 7.17. The number of carbonyl (C=O) groups is 2. The Labute approximate surface area is 105 Å². The molecule has 0 aliphatic carbocycles. The van der Waals surface area contributed by atoms with Gasteiger partial charge in [-0.05, 0) is 6.42 Å². The van der Waals surface area contributed by atoms with Crippen LogP contribution in [0, 0.1) is 0 Å². The number of likely N-dealkylation sites (tertiary alicyclic amines) is 1. The molecule has 1 unspecified atom stereocenters. The zero-order valence-electron chi connectivity index (χ0n) is 10.0. The van der Waals surface area contributed by atoms with E-state index in [9.17, 15) is 21.9 Å². The van der Waals surface area contributed by atoms with Gasteiger partial charge in [-0.3, -0.25) is 4.79 Å². The fourth-order valence-corrected chi connectivity index (χ4v) is 2.68. The van der Waals surface area contributed by atoms with Gasteiger partial charge in [-0.2, -0.15) is 8.42 Å². The number of halogens is 1. The van der Waals surface area contributed by atoms with Crippen LogP contribution in [0.1, 0.15) is 32.6 Å². The topological polar surface area (TPSA) is 91.8 Å². The largest absolute Gasteiger partial charge is 0.480 e. The van der Waals surface area contributed by atoms with Crippen LogP contribution in [0.4, 0.5) is 3.89 Å². The number of carbonyl (C=O) groups excluding carboxylic acids is 1. The molecule has 0 radical (unpaired) electrons. The molecule has 8 heteroatoms. The lowest BCUT2D eigenvalue weighted by atomic mass is 10.1. The Kier molecular flexibility index (Phi) is 4.66. The van der Waals surface area contributed by atoms with Gasteiger partial charge in [0.2, 0.25) is 5.91 Å². The summed E-state index contributed by atoms with van der Waals surface area (Å²) in [6.07, 6.45) is 1.13. The number of amides is 1. The number of rotatable bonds is 6. The molecule has 1 aliphatic rings. The Hall–Kier alpha value is -1.18. The van der Waals surface area contributed by atoms with Crippen molar-refractivity contribution in [2.24, 2.45) is 0 Å². The molecule has 0 aromatic carbocycles. The maximum absolute atomic E-state index is 12.8.